The van der Waals surface area contributed by atoms with Crippen LogP contribution in [0.4, 0.5) is 0 Å². The number of ether oxygens (including phenoxy) is 2. The number of aryl methyl sites for hydroxylation is 3. The van der Waals surface area contributed by atoms with Gasteiger partial charge in [0.05, 0.1) is 13.2 Å². The van der Waals surface area contributed by atoms with Crippen LogP contribution in [0.15, 0.2) is 103 Å². The van der Waals surface area contributed by atoms with Crippen molar-refractivity contribution >= 4 is 0 Å². The van der Waals surface area contributed by atoms with Gasteiger partial charge in [0.2, 0.25) is 0 Å². The second kappa shape index (κ2) is 14.9. The van der Waals surface area contributed by atoms with Crippen molar-refractivity contribution in [3.05, 3.63) is 131 Å². The molecule has 0 aromatic heterocycles. The summed E-state index contributed by atoms with van der Waals surface area (Å²) in [7, 11) is 0. The van der Waals surface area contributed by atoms with Crippen LogP contribution in [0.3, 0.4) is 0 Å². The van der Waals surface area contributed by atoms with Crippen LogP contribution in [0.2, 0.25) is 0 Å². The number of hydrogen-bond acceptors (Lipinski definition) is 3. The summed E-state index contributed by atoms with van der Waals surface area (Å²) in [5, 5.41) is 3.60. The van der Waals surface area contributed by atoms with Crippen molar-refractivity contribution < 1.29 is 9.47 Å². The first-order valence-corrected chi connectivity index (χ1v) is 13.5. The first kappa shape index (κ1) is 26.5. The third-order valence-corrected chi connectivity index (χ3v) is 6.62. The number of rotatable bonds is 15. The predicted molar refractivity (Wildman–Crippen MR) is 154 cm³/mol. The molecule has 0 heterocycles. The first-order chi connectivity index (χ1) is 18.3. The molecule has 1 N–H and O–H groups in total. The Morgan fingerprint density at radius 1 is 0.595 bits per heavy atom. The standard InChI is InChI=1S/C34H39NO2/c1-28-12-8-9-19-31(28)22-23-35-27-32-20-21-33(36-24-10-17-29-13-4-2-5-14-29)26-34(32)37-25-11-18-30-15-6-3-7-16-30/h2-9,12-16,19-21,26,35H,10-11,17-18,22-25,27H2,1H3. The summed E-state index contributed by atoms with van der Waals surface area (Å²) >= 11 is 0. The SMILES string of the molecule is Cc1ccccc1CCNCc1ccc(OCCCc2ccccc2)cc1OCCCc1ccccc1. The van der Waals surface area contributed by atoms with E-state index in [4.69, 9.17) is 9.47 Å². The molecule has 0 aliphatic heterocycles. The highest BCUT2D eigenvalue weighted by molar-refractivity contribution is 5.41. The van der Waals surface area contributed by atoms with E-state index in [-0.39, 0.29) is 0 Å². The van der Waals surface area contributed by atoms with Crippen molar-refractivity contribution in [1.29, 1.82) is 0 Å². The summed E-state index contributed by atoms with van der Waals surface area (Å²) in [6.07, 6.45) is 5.02. The Morgan fingerprint density at radius 2 is 1.22 bits per heavy atom. The van der Waals surface area contributed by atoms with Gasteiger partial charge in [-0.1, -0.05) is 91.0 Å². The first-order valence-electron chi connectivity index (χ1n) is 13.5. The van der Waals surface area contributed by atoms with Crippen LogP contribution in [0.1, 0.15) is 40.7 Å². The fourth-order valence-electron chi connectivity index (χ4n) is 4.46. The molecule has 0 amide bonds. The topological polar surface area (TPSA) is 30.5 Å². The van der Waals surface area contributed by atoms with Crippen molar-refractivity contribution in [3.8, 4) is 11.5 Å². The molecule has 0 bridgehead atoms. The van der Waals surface area contributed by atoms with Gasteiger partial charge in [-0.15, -0.1) is 0 Å². The molecule has 0 unspecified atom stereocenters. The van der Waals surface area contributed by atoms with E-state index in [2.05, 4.69) is 115 Å². The van der Waals surface area contributed by atoms with Gasteiger partial charge in [0.15, 0.2) is 0 Å². The van der Waals surface area contributed by atoms with E-state index < -0.39 is 0 Å². The second-order valence-electron chi connectivity index (χ2n) is 9.50. The highest BCUT2D eigenvalue weighted by Crippen LogP contribution is 2.26. The normalized spacial score (nSPS) is 10.8. The van der Waals surface area contributed by atoms with E-state index in [1.807, 2.05) is 0 Å². The molecule has 0 aliphatic rings. The van der Waals surface area contributed by atoms with E-state index in [9.17, 15) is 0 Å². The summed E-state index contributed by atoms with van der Waals surface area (Å²) in [5.74, 6) is 1.78. The molecule has 192 valence electrons. The highest BCUT2D eigenvalue weighted by atomic mass is 16.5. The van der Waals surface area contributed by atoms with Gasteiger partial charge < -0.3 is 14.8 Å². The summed E-state index contributed by atoms with van der Waals surface area (Å²) in [4.78, 5) is 0. The van der Waals surface area contributed by atoms with Crippen LogP contribution >= 0.6 is 0 Å². The lowest BCUT2D eigenvalue weighted by atomic mass is 10.1. The van der Waals surface area contributed by atoms with Gasteiger partial charge in [0, 0.05) is 18.2 Å². The van der Waals surface area contributed by atoms with E-state index in [0.717, 1.165) is 56.7 Å². The van der Waals surface area contributed by atoms with Crippen molar-refractivity contribution in [3.63, 3.8) is 0 Å². The Morgan fingerprint density at radius 3 is 1.89 bits per heavy atom. The lowest BCUT2D eigenvalue weighted by Gasteiger charge is -2.15. The van der Waals surface area contributed by atoms with Crippen LogP contribution in [0.25, 0.3) is 0 Å². The summed E-state index contributed by atoms with van der Waals surface area (Å²) in [6, 6.07) is 36.0. The quantitative estimate of drug-likeness (QED) is 0.176. The minimum absolute atomic E-state index is 0.683. The van der Waals surface area contributed by atoms with Gasteiger partial charge in [-0.3, -0.25) is 0 Å². The number of hydrogen-bond donors (Lipinski definition) is 1. The van der Waals surface area contributed by atoms with Crippen LogP contribution in [-0.2, 0) is 25.8 Å². The Bertz CT molecular complexity index is 1190. The van der Waals surface area contributed by atoms with Crippen molar-refractivity contribution in [1.82, 2.24) is 5.32 Å². The Hall–Kier alpha value is -3.56. The van der Waals surface area contributed by atoms with Gasteiger partial charge in [-0.25, -0.2) is 0 Å². The third kappa shape index (κ3) is 9.11. The molecule has 0 atom stereocenters. The van der Waals surface area contributed by atoms with E-state index >= 15 is 0 Å². The Labute approximate surface area is 222 Å². The Kier molecular flexibility index (Phi) is 10.6. The molecule has 4 aromatic rings. The lowest BCUT2D eigenvalue weighted by molar-refractivity contribution is 0.293. The number of benzene rings is 4. The molecule has 4 rings (SSSR count). The molecule has 3 heteroatoms. The minimum Gasteiger partial charge on any atom is -0.493 e. The van der Waals surface area contributed by atoms with Gasteiger partial charge in [0.1, 0.15) is 11.5 Å². The Balaban J connectivity index is 1.30. The van der Waals surface area contributed by atoms with Crippen LogP contribution in [-0.4, -0.2) is 19.8 Å². The zero-order valence-electron chi connectivity index (χ0n) is 22.0. The molecule has 37 heavy (non-hydrogen) atoms. The molecular formula is C34H39NO2. The minimum atomic E-state index is 0.683. The molecule has 0 radical (unpaired) electrons. The summed E-state index contributed by atoms with van der Waals surface area (Å²) < 4.78 is 12.4. The monoisotopic (exact) mass is 493 g/mol. The number of nitrogens with one attached hydrogen (secondary N) is 1. The van der Waals surface area contributed by atoms with Crippen LogP contribution in [0.5, 0.6) is 11.5 Å². The average Bonchev–Trinajstić information content (AvgIpc) is 2.94. The van der Waals surface area contributed by atoms with E-state index in [0.29, 0.717) is 13.2 Å². The predicted octanol–water partition coefficient (Wildman–Crippen LogP) is 7.35. The van der Waals surface area contributed by atoms with Gasteiger partial charge in [-0.05, 0) is 73.9 Å². The zero-order valence-corrected chi connectivity index (χ0v) is 22.0. The maximum atomic E-state index is 6.29. The van der Waals surface area contributed by atoms with Crippen molar-refractivity contribution in [2.75, 3.05) is 19.8 Å². The van der Waals surface area contributed by atoms with Gasteiger partial charge in [-0.2, -0.15) is 0 Å². The van der Waals surface area contributed by atoms with Crippen LogP contribution in [0, 0.1) is 6.92 Å². The molecule has 0 aliphatic carbocycles. The van der Waals surface area contributed by atoms with Gasteiger partial charge >= 0.3 is 0 Å². The maximum absolute atomic E-state index is 6.29. The maximum Gasteiger partial charge on any atom is 0.127 e. The smallest absolute Gasteiger partial charge is 0.127 e. The fourth-order valence-corrected chi connectivity index (χ4v) is 4.46. The molecule has 0 saturated heterocycles. The molecule has 0 saturated carbocycles. The largest absolute Gasteiger partial charge is 0.493 e. The second-order valence-corrected chi connectivity index (χ2v) is 9.50. The zero-order chi connectivity index (χ0) is 25.5. The molecule has 0 spiro atoms. The molecule has 4 aromatic carbocycles. The summed E-state index contributed by atoms with van der Waals surface area (Å²) in [6.45, 7) is 5.25. The lowest BCUT2D eigenvalue weighted by Crippen LogP contribution is -2.18. The average molecular weight is 494 g/mol. The van der Waals surface area contributed by atoms with Crippen LogP contribution < -0.4 is 14.8 Å². The van der Waals surface area contributed by atoms with Crippen molar-refractivity contribution in [2.24, 2.45) is 0 Å². The summed E-state index contributed by atoms with van der Waals surface area (Å²) in [5.41, 5.74) is 6.61. The van der Waals surface area contributed by atoms with E-state index in [1.165, 1.54) is 27.8 Å². The molecule has 3 nitrogen and oxygen atoms in total. The molecular weight excluding hydrogens is 454 g/mol. The molecule has 0 fully saturated rings. The highest BCUT2D eigenvalue weighted by Gasteiger charge is 2.08. The fraction of sp³-hybridized carbons (Fsp3) is 0.294. The van der Waals surface area contributed by atoms with Gasteiger partial charge in [0.25, 0.3) is 0 Å². The van der Waals surface area contributed by atoms with Crippen molar-refractivity contribution in [2.45, 2.75) is 45.6 Å². The third-order valence-electron chi connectivity index (χ3n) is 6.62. The van der Waals surface area contributed by atoms with E-state index in [1.54, 1.807) is 0 Å².